The lowest BCUT2D eigenvalue weighted by molar-refractivity contribution is -0.121. The number of carbonyl (C=O) groups is 1. The molecule has 11 heteroatoms. The van der Waals surface area contributed by atoms with Crippen LogP contribution in [-0.4, -0.2) is 67.7 Å². The van der Waals surface area contributed by atoms with Gasteiger partial charge in [-0.05, 0) is 24.7 Å². The number of amides is 1. The highest BCUT2D eigenvalue weighted by atomic mass is 16.2. The van der Waals surface area contributed by atoms with Gasteiger partial charge in [-0.1, -0.05) is 0 Å². The van der Waals surface area contributed by atoms with Gasteiger partial charge < -0.3 is 19.7 Å². The Bertz CT molecular complexity index is 1230. The van der Waals surface area contributed by atoms with E-state index in [1.54, 1.807) is 17.8 Å². The van der Waals surface area contributed by atoms with E-state index in [1.165, 1.54) is 17.9 Å². The highest BCUT2D eigenvalue weighted by molar-refractivity contribution is 5.76. The number of fused-ring (bicyclic) bond motifs is 1. The number of rotatable bonds is 5. The Balaban J connectivity index is 1.46. The Morgan fingerprint density at radius 2 is 1.84 bits per heavy atom. The van der Waals surface area contributed by atoms with Crippen molar-refractivity contribution in [1.82, 2.24) is 33.9 Å². The van der Waals surface area contributed by atoms with Crippen LogP contribution >= 0.6 is 0 Å². The van der Waals surface area contributed by atoms with Crippen molar-refractivity contribution in [2.24, 2.45) is 14.1 Å². The van der Waals surface area contributed by atoms with E-state index in [0.29, 0.717) is 5.65 Å². The molecule has 1 saturated heterocycles. The number of anilines is 1. The van der Waals surface area contributed by atoms with Gasteiger partial charge in [-0.3, -0.25) is 14.2 Å². The first-order valence-corrected chi connectivity index (χ1v) is 10.1. The van der Waals surface area contributed by atoms with E-state index in [1.807, 2.05) is 12.1 Å². The summed E-state index contributed by atoms with van der Waals surface area (Å²) in [6.07, 6.45) is 3.20. The largest absolute Gasteiger partial charge is 0.354 e. The van der Waals surface area contributed by atoms with Crippen molar-refractivity contribution in [2.75, 3.05) is 38.1 Å². The Kier molecular flexibility index (Phi) is 5.59. The molecule has 1 amide bonds. The normalized spacial score (nSPS) is 14.9. The fourth-order valence-corrected chi connectivity index (χ4v) is 3.71. The number of likely N-dealkylation sites (N-methyl/N-ethyl adjacent to an activating group) is 1. The number of pyridine rings is 1. The maximum absolute atomic E-state index is 12.7. The summed E-state index contributed by atoms with van der Waals surface area (Å²) in [4.78, 5) is 50.8. The number of imidazole rings is 1. The van der Waals surface area contributed by atoms with Gasteiger partial charge in [0.1, 0.15) is 12.4 Å². The second-order valence-electron chi connectivity index (χ2n) is 7.85. The highest BCUT2D eigenvalue weighted by Crippen LogP contribution is 2.14. The van der Waals surface area contributed by atoms with E-state index in [-0.39, 0.29) is 18.6 Å². The summed E-state index contributed by atoms with van der Waals surface area (Å²) in [7, 11) is 5.30. The topological polar surface area (TPSA) is 110 Å². The third-order valence-corrected chi connectivity index (χ3v) is 5.63. The Hall–Kier alpha value is -3.47. The predicted molar refractivity (Wildman–Crippen MR) is 116 cm³/mol. The molecule has 4 heterocycles. The number of piperazine rings is 1. The predicted octanol–water partition coefficient (Wildman–Crippen LogP) is -1.10. The summed E-state index contributed by atoms with van der Waals surface area (Å²) in [5.41, 5.74) is 0.366. The molecule has 1 fully saturated rings. The smallest absolute Gasteiger partial charge is 0.332 e. The molecule has 0 spiro atoms. The fraction of sp³-hybridized carbons (Fsp3) is 0.450. The molecule has 0 saturated carbocycles. The average Bonchev–Trinajstić information content (AvgIpc) is 3.16. The minimum absolute atomic E-state index is 0.279. The summed E-state index contributed by atoms with van der Waals surface area (Å²) in [5, 5.41) is 2.79. The van der Waals surface area contributed by atoms with Gasteiger partial charge in [-0.2, -0.15) is 0 Å². The van der Waals surface area contributed by atoms with E-state index in [2.05, 4.69) is 32.1 Å². The number of aromatic nitrogens is 5. The zero-order chi connectivity index (χ0) is 22.1. The summed E-state index contributed by atoms with van der Waals surface area (Å²) in [6, 6.07) is 3.80. The summed E-state index contributed by atoms with van der Waals surface area (Å²) >= 11 is 0. The van der Waals surface area contributed by atoms with Crippen molar-refractivity contribution in [3.05, 3.63) is 51.1 Å². The van der Waals surface area contributed by atoms with Crippen LogP contribution in [0.15, 0.2) is 34.2 Å². The van der Waals surface area contributed by atoms with Gasteiger partial charge in [0.2, 0.25) is 5.91 Å². The minimum atomic E-state index is -0.576. The van der Waals surface area contributed by atoms with Crippen LogP contribution in [0.4, 0.5) is 5.82 Å². The molecule has 0 radical (unpaired) electrons. The van der Waals surface area contributed by atoms with Gasteiger partial charge in [0.05, 0.1) is 6.33 Å². The Labute approximate surface area is 178 Å². The summed E-state index contributed by atoms with van der Waals surface area (Å²) in [5.74, 6) is 0.463. The Morgan fingerprint density at radius 3 is 2.58 bits per heavy atom. The third kappa shape index (κ3) is 4.08. The molecule has 0 unspecified atom stereocenters. The fourth-order valence-electron chi connectivity index (χ4n) is 3.71. The van der Waals surface area contributed by atoms with Crippen LogP contribution in [0.2, 0.25) is 0 Å². The van der Waals surface area contributed by atoms with Crippen LogP contribution in [0.1, 0.15) is 5.56 Å². The molecule has 0 atom stereocenters. The van der Waals surface area contributed by atoms with Crippen molar-refractivity contribution in [3.63, 3.8) is 0 Å². The maximum atomic E-state index is 12.7. The number of nitrogens with zero attached hydrogens (tertiary/aromatic N) is 7. The molecule has 1 aliphatic rings. The zero-order valence-electron chi connectivity index (χ0n) is 17.9. The number of carbonyl (C=O) groups excluding carboxylic acids is 1. The van der Waals surface area contributed by atoms with E-state index in [9.17, 15) is 14.4 Å². The minimum Gasteiger partial charge on any atom is -0.354 e. The van der Waals surface area contributed by atoms with E-state index < -0.39 is 17.2 Å². The van der Waals surface area contributed by atoms with Gasteiger partial charge >= 0.3 is 5.69 Å². The second-order valence-corrected chi connectivity index (χ2v) is 7.85. The van der Waals surface area contributed by atoms with Gasteiger partial charge in [0, 0.05) is 53.0 Å². The molecule has 11 nitrogen and oxygen atoms in total. The third-order valence-electron chi connectivity index (χ3n) is 5.63. The summed E-state index contributed by atoms with van der Waals surface area (Å²) in [6.45, 7) is 3.69. The zero-order valence-corrected chi connectivity index (χ0v) is 17.9. The molecule has 1 N–H and O–H groups in total. The first-order valence-electron chi connectivity index (χ1n) is 10.1. The first kappa shape index (κ1) is 20.8. The van der Waals surface area contributed by atoms with Crippen LogP contribution in [0.5, 0.6) is 0 Å². The van der Waals surface area contributed by atoms with Crippen LogP contribution in [0.3, 0.4) is 0 Å². The molecule has 0 aromatic carbocycles. The number of hydrogen-bond donors (Lipinski definition) is 1. The molecule has 1 aliphatic heterocycles. The molecule has 0 bridgehead atoms. The van der Waals surface area contributed by atoms with E-state index >= 15 is 0 Å². The van der Waals surface area contributed by atoms with Crippen LogP contribution in [0, 0.1) is 0 Å². The molecule has 164 valence electrons. The second kappa shape index (κ2) is 8.34. The first-order chi connectivity index (χ1) is 14.8. The molecular weight excluding hydrogens is 400 g/mol. The average molecular weight is 426 g/mol. The van der Waals surface area contributed by atoms with Gasteiger partial charge in [0.25, 0.3) is 5.56 Å². The molecule has 3 aromatic rings. The van der Waals surface area contributed by atoms with Gasteiger partial charge in [-0.15, -0.1) is 0 Å². The van der Waals surface area contributed by atoms with Crippen molar-refractivity contribution in [2.45, 2.75) is 13.1 Å². The van der Waals surface area contributed by atoms with Crippen LogP contribution < -0.4 is 21.5 Å². The standard InChI is InChI=1S/C20H26N8O3/c1-24-6-8-27(9-7-24)15-10-14(4-5-21-15)11-22-16(29)12-28-19(30)17-18(23-13-25(17)2)26(3)20(28)31/h4-5,10,13H,6-9,11-12H2,1-3H3,(H,22,29). The van der Waals surface area contributed by atoms with Crippen LogP contribution in [0.25, 0.3) is 11.2 Å². The monoisotopic (exact) mass is 426 g/mol. The lowest BCUT2D eigenvalue weighted by Crippen LogP contribution is -2.44. The van der Waals surface area contributed by atoms with Crippen molar-refractivity contribution in [1.29, 1.82) is 0 Å². The van der Waals surface area contributed by atoms with E-state index in [0.717, 1.165) is 42.1 Å². The number of nitrogens with one attached hydrogen (secondary N) is 1. The maximum Gasteiger partial charge on any atom is 0.332 e. The summed E-state index contributed by atoms with van der Waals surface area (Å²) < 4.78 is 3.75. The molecule has 31 heavy (non-hydrogen) atoms. The van der Waals surface area contributed by atoms with Crippen molar-refractivity contribution in [3.8, 4) is 0 Å². The molecule has 0 aliphatic carbocycles. The van der Waals surface area contributed by atoms with Crippen LogP contribution in [-0.2, 0) is 32.0 Å². The van der Waals surface area contributed by atoms with Gasteiger partial charge in [0.15, 0.2) is 11.2 Å². The Morgan fingerprint density at radius 1 is 1.10 bits per heavy atom. The molecule has 3 aromatic heterocycles. The van der Waals surface area contributed by atoms with Crippen molar-refractivity contribution < 1.29 is 4.79 Å². The number of hydrogen-bond acceptors (Lipinski definition) is 7. The highest BCUT2D eigenvalue weighted by Gasteiger charge is 2.18. The van der Waals surface area contributed by atoms with Crippen molar-refractivity contribution >= 4 is 22.9 Å². The molecule has 4 rings (SSSR count). The lowest BCUT2D eigenvalue weighted by Gasteiger charge is -2.33. The number of aryl methyl sites for hydroxylation is 2. The van der Waals surface area contributed by atoms with E-state index in [4.69, 9.17) is 0 Å². The lowest BCUT2D eigenvalue weighted by atomic mass is 10.2. The van der Waals surface area contributed by atoms with Gasteiger partial charge in [-0.25, -0.2) is 19.3 Å². The molecular formula is C20H26N8O3. The quantitative estimate of drug-likeness (QED) is 0.551. The SMILES string of the molecule is CN1CCN(c2cc(CNC(=O)Cn3c(=O)c4c(ncn4C)n(C)c3=O)ccn2)CC1.